The lowest BCUT2D eigenvalue weighted by Gasteiger charge is -2.23. The maximum Gasteiger partial charge on any atom is 0.137 e. The van der Waals surface area contributed by atoms with Gasteiger partial charge >= 0.3 is 0 Å². The molecular weight excluding hydrogens is 180 g/mol. The smallest absolute Gasteiger partial charge is 0.137 e. The molecule has 1 aromatic rings. The number of likely N-dealkylation sites (N-methyl/N-ethyl adjacent to an activating group) is 1. The van der Waals surface area contributed by atoms with Crippen LogP contribution < -0.4 is 10.1 Å². The van der Waals surface area contributed by atoms with Crippen LogP contribution in [-0.2, 0) is 5.60 Å². The molecule has 0 saturated carbocycles. The van der Waals surface area contributed by atoms with E-state index in [9.17, 15) is 5.11 Å². The first-order chi connectivity index (χ1) is 6.60. The Morgan fingerprint density at radius 3 is 2.86 bits per heavy atom. The van der Waals surface area contributed by atoms with Crippen LogP contribution in [0.5, 0.6) is 5.75 Å². The van der Waals surface area contributed by atoms with E-state index < -0.39 is 5.60 Å². The Balaban J connectivity index is 2.93. The number of ether oxygens (including phenoxy) is 1. The van der Waals surface area contributed by atoms with Crippen LogP contribution in [0.3, 0.4) is 0 Å². The van der Waals surface area contributed by atoms with Gasteiger partial charge in [0.25, 0.3) is 0 Å². The molecular formula is C10H16N2O2. The minimum absolute atomic E-state index is 0.474. The number of methoxy groups -OCH3 is 1. The SMILES string of the molecule is CNCC(C)(O)c1cncc(OC)c1. The normalized spacial score (nSPS) is 14.9. The number of aromatic nitrogens is 1. The Labute approximate surface area is 83.9 Å². The molecule has 78 valence electrons. The fourth-order valence-electron chi connectivity index (χ4n) is 1.27. The second kappa shape index (κ2) is 4.39. The number of rotatable bonds is 4. The summed E-state index contributed by atoms with van der Waals surface area (Å²) in [5, 5.41) is 13.0. The molecule has 14 heavy (non-hydrogen) atoms. The molecule has 1 rings (SSSR count). The fraction of sp³-hybridized carbons (Fsp3) is 0.500. The molecule has 0 saturated heterocycles. The first kappa shape index (κ1) is 10.9. The van der Waals surface area contributed by atoms with Crippen molar-refractivity contribution in [1.29, 1.82) is 0 Å². The summed E-state index contributed by atoms with van der Waals surface area (Å²) in [6.45, 7) is 2.21. The summed E-state index contributed by atoms with van der Waals surface area (Å²) >= 11 is 0. The van der Waals surface area contributed by atoms with Crippen molar-refractivity contribution in [3.8, 4) is 5.75 Å². The molecule has 4 heteroatoms. The Morgan fingerprint density at radius 1 is 1.57 bits per heavy atom. The molecule has 1 aromatic heterocycles. The highest BCUT2D eigenvalue weighted by Crippen LogP contribution is 2.22. The third-order valence-corrected chi connectivity index (χ3v) is 2.09. The van der Waals surface area contributed by atoms with Gasteiger partial charge in [0.1, 0.15) is 11.4 Å². The molecule has 0 bridgehead atoms. The predicted molar refractivity (Wildman–Crippen MR) is 54.3 cm³/mol. The Kier molecular flexibility index (Phi) is 3.43. The van der Waals surface area contributed by atoms with Crippen LogP contribution in [-0.4, -0.2) is 30.8 Å². The first-order valence-corrected chi connectivity index (χ1v) is 4.46. The molecule has 0 spiro atoms. The lowest BCUT2D eigenvalue weighted by molar-refractivity contribution is 0.0585. The van der Waals surface area contributed by atoms with Gasteiger partial charge in [0.05, 0.1) is 13.3 Å². The summed E-state index contributed by atoms with van der Waals surface area (Å²) in [5.41, 5.74) is -0.178. The molecule has 1 heterocycles. The maximum absolute atomic E-state index is 10.0. The molecule has 4 nitrogen and oxygen atoms in total. The summed E-state index contributed by atoms with van der Waals surface area (Å²) in [4.78, 5) is 3.99. The maximum atomic E-state index is 10.0. The standard InChI is InChI=1S/C10H16N2O2/c1-10(13,7-11-2)8-4-9(14-3)6-12-5-8/h4-6,11,13H,7H2,1-3H3. The molecule has 0 aliphatic heterocycles. The van der Waals surface area contributed by atoms with Crippen molar-refractivity contribution in [2.45, 2.75) is 12.5 Å². The average Bonchev–Trinajstić information content (AvgIpc) is 2.18. The largest absolute Gasteiger partial charge is 0.495 e. The van der Waals surface area contributed by atoms with Crippen molar-refractivity contribution in [2.75, 3.05) is 20.7 Å². The molecule has 0 aromatic carbocycles. The number of pyridine rings is 1. The quantitative estimate of drug-likeness (QED) is 0.737. The van der Waals surface area contributed by atoms with Crippen molar-refractivity contribution in [3.05, 3.63) is 24.0 Å². The number of nitrogens with zero attached hydrogens (tertiary/aromatic N) is 1. The number of nitrogens with one attached hydrogen (secondary N) is 1. The van der Waals surface area contributed by atoms with Gasteiger partial charge < -0.3 is 15.2 Å². The Hall–Kier alpha value is -1.13. The zero-order valence-electron chi connectivity index (χ0n) is 8.74. The molecule has 0 amide bonds. The first-order valence-electron chi connectivity index (χ1n) is 4.46. The lowest BCUT2D eigenvalue weighted by Crippen LogP contribution is -2.33. The highest BCUT2D eigenvalue weighted by Gasteiger charge is 2.22. The molecule has 0 fully saturated rings. The average molecular weight is 196 g/mol. The predicted octanol–water partition coefficient (Wildman–Crippen LogP) is 0.517. The molecule has 1 atom stereocenters. The van der Waals surface area contributed by atoms with Crippen LogP contribution in [0.25, 0.3) is 0 Å². The topological polar surface area (TPSA) is 54.4 Å². The van der Waals surface area contributed by atoms with E-state index in [0.717, 1.165) is 5.56 Å². The van der Waals surface area contributed by atoms with Crippen LogP contribution in [0.1, 0.15) is 12.5 Å². The number of aliphatic hydroxyl groups is 1. The van der Waals surface area contributed by atoms with Gasteiger partial charge in [0.2, 0.25) is 0 Å². The fourth-order valence-corrected chi connectivity index (χ4v) is 1.27. The van der Waals surface area contributed by atoms with Crippen LogP contribution in [0.4, 0.5) is 0 Å². The Morgan fingerprint density at radius 2 is 2.29 bits per heavy atom. The number of hydrogen-bond donors (Lipinski definition) is 2. The highest BCUT2D eigenvalue weighted by atomic mass is 16.5. The van der Waals surface area contributed by atoms with E-state index in [-0.39, 0.29) is 0 Å². The van der Waals surface area contributed by atoms with Crippen LogP contribution in [0.15, 0.2) is 18.5 Å². The minimum Gasteiger partial charge on any atom is -0.495 e. The van der Waals surface area contributed by atoms with Gasteiger partial charge in [-0.1, -0.05) is 0 Å². The molecule has 2 N–H and O–H groups in total. The van der Waals surface area contributed by atoms with Gasteiger partial charge in [-0.05, 0) is 20.0 Å². The molecule has 1 unspecified atom stereocenters. The van der Waals surface area contributed by atoms with Crippen molar-refractivity contribution < 1.29 is 9.84 Å². The molecule has 0 aliphatic carbocycles. The summed E-state index contributed by atoms with van der Waals surface area (Å²) in [6.07, 6.45) is 3.25. The zero-order chi connectivity index (χ0) is 10.6. The highest BCUT2D eigenvalue weighted by molar-refractivity contribution is 5.27. The second-order valence-electron chi connectivity index (χ2n) is 3.42. The van der Waals surface area contributed by atoms with Gasteiger partial charge in [-0.2, -0.15) is 0 Å². The second-order valence-corrected chi connectivity index (χ2v) is 3.42. The molecule has 0 radical (unpaired) electrons. The lowest BCUT2D eigenvalue weighted by atomic mass is 9.98. The third-order valence-electron chi connectivity index (χ3n) is 2.09. The van der Waals surface area contributed by atoms with Gasteiger partial charge in [-0.25, -0.2) is 0 Å². The van der Waals surface area contributed by atoms with E-state index in [4.69, 9.17) is 4.74 Å². The zero-order valence-corrected chi connectivity index (χ0v) is 8.74. The van der Waals surface area contributed by atoms with E-state index in [1.165, 1.54) is 0 Å². The minimum atomic E-state index is -0.920. The summed E-state index contributed by atoms with van der Waals surface area (Å²) < 4.78 is 5.03. The summed E-state index contributed by atoms with van der Waals surface area (Å²) in [6, 6.07) is 1.78. The van der Waals surface area contributed by atoms with E-state index in [1.807, 2.05) is 0 Å². The number of hydrogen-bond acceptors (Lipinski definition) is 4. The van der Waals surface area contributed by atoms with Gasteiger partial charge in [-0.15, -0.1) is 0 Å². The Bertz CT molecular complexity index is 300. The molecule has 0 aliphatic rings. The van der Waals surface area contributed by atoms with E-state index >= 15 is 0 Å². The van der Waals surface area contributed by atoms with Gasteiger partial charge in [-0.3, -0.25) is 4.98 Å². The summed E-state index contributed by atoms with van der Waals surface area (Å²) in [7, 11) is 3.37. The van der Waals surface area contributed by atoms with E-state index in [1.54, 1.807) is 39.5 Å². The van der Waals surface area contributed by atoms with Crippen LogP contribution >= 0.6 is 0 Å². The van der Waals surface area contributed by atoms with E-state index in [2.05, 4.69) is 10.3 Å². The van der Waals surface area contributed by atoms with Crippen LogP contribution in [0, 0.1) is 0 Å². The van der Waals surface area contributed by atoms with Crippen molar-refractivity contribution in [1.82, 2.24) is 10.3 Å². The third kappa shape index (κ3) is 2.43. The van der Waals surface area contributed by atoms with Crippen molar-refractivity contribution in [2.24, 2.45) is 0 Å². The van der Waals surface area contributed by atoms with Crippen molar-refractivity contribution in [3.63, 3.8) is 0 Å². The van der Waals surface area contributed by atoms with Gasteiger partial charge in [0, 0.05) is 18.3 Å². The monoisotopic (exact) mass is 196 g/mol. The van der Waals surface area contributed by atoms with E-state index in [0.29, 0.717) is 12.3 Å². The van der Waals surface area contributed by atoms with Crippen molar-refractivity contribution >= 4 is 0 Å². The van der Waals surface area contributed by atoms with Gasteiger partial charge in [0.15, 0.2) is 0 Å². The van der Waals surface area contributed by atoms with Crippen LogP contribution in [0.2, 0.25) is 0 Å². The summed E-state index contributed by atoms with van der Waals surface area (Å²) in [5.74, 6) is 0.652.